The second kappa shape index (κ2) is 8.68. The number of rotatable bonds is 3. The fourth-order valence-electron chi connectivity index (χ4n) is 0.922. The molecule has 0 amide bonds. The highest BCUT2D eigenvalue weighted by Crippen LogP contribution is 2.02. The molecule has 3 nitrogen and oxygen atoms in total. The molecule has 0 aromatic heterocycles. The third kappa shape index (κ3) is 8.97. The van der Waals surface area contributed by atoms with Crippen molar-refractivity contribution in [1.82, 2.24) is 0 Å². The maximum atomic E-state index is 9.23. The van der Waals surface area contributed by atoms with Crippen LogP contribution in [0.4, 0.5) is 0 Å². The van der Waals surface area contributed by atoms with Crippen LogP contribution in [0, 0.1) is 0 Å². The van der Waals surface area contributed by atoms with Crippen LogP contribution < -0.4 is 0 Å². The second-order valence-corrected chi connectivity index (χ2v) is 3.26. The van der Waals surface area contributed by atoms with Crippen LogP contribution in [-0.4, -0.2) is 22.3 Å². The Hall–Kier alpha value is -1.61. The Kier molecular flexibility index (Phi) is 7.81. The zero-order valence-electron chi connectivity index (χ0n) is 9.63. The first-order valence-electron chi connectivity index (χ1n) is 5.17. The van der Waals surface area contributed by atoms with Crippen molar-refractivity contribution in [2.24, 2.45) is 0 Å². The van der Waals surface area contributed by atoms with Crippen LogP contribution in [0.25, 0.3) is 6.08 Å². The van der Waals surface area contributed by atoms with Gasteiger partial charge in [-0.1, -0.05) is 49.4 Å². The van der Waals surface area contributed by atoms with Gasteiger partial charge in [-0.05, 0) is 12.0 Å². The molecule has 0 bridgehead atoms. The minimum Gasteiger partial charge on any atom is -0.481 e. The number of aliphatic carboxylic acids is 1. The van der Waals surface area contributed by atoms with Crippen LogP contribution in [0.1, 0.15) is 25.8 Å². The minimum atomic E-state index is -0.833. The molecule has 1 aromatic rings. The van der Waals surface area contributed by atoms with E-state index in [4.69, 9.17) is 9.90 Å². The Balaban J connectivity index is 0.000000487. The molecule has 1 aromatic carbocycles. The Bertz CT molecular complexity index is 313. The summed E-state index contributed by atoms with van der Waals surface area (Å²) in [6, 6.07) is 9.97. The zero-order valence-corrected chi connectivity index (χ0v) is 9.63. The molecule has 0 spiro atoms. The lowest BCUT2D eigenvalue weighted by molar-refractivity contribution is -0.134. The molecule has 0 radical (unpaired) electrons. The molecule has 0 heterocycles. The Morgan fingerprint density at radius 1 is 1.38 bits per heavy atom. The van der Waals surface area contributed by atoms with Gasteiger partial charge in [0.1, 0.15) is 0 Å². The topological polar surface area (TPSA) is 57.5 Å². The number of carboxylic acid groups (broad SMARTS) is 1. The van der Waals surface area contributed by atoms with Gasteiger partial charge < -0.3 is 10.2 Å². The van der Waals surface area contributed by atoms with E-state index in [1.54, 1.807) is 0 Å². The predicted octanol–water partition coefficient (Wildman–Crippen LogP) is 2.56. The van der Waals surface area contributed by atoms with Gasteiger partial charge in [-0.15, -0.1) is 0 Å². The van der Waals surface area contributed by atoms with Crippen molar-refractivity contribution >= 4 is 12.0 Å². The number of benzene rings is 1. The molecule has 1 atom stereocenters. The van der Waals surface area contributed by atoms with Gasteiger partial charge in [0.05, 0.1) is 6.10 Å². The fraction of sp³-hybridized carbons (Fsp3) is 0.308. The molecule has 1 rings (SSSR count). The fourth-order valence-corrected chi connectivity index (χ4v) is 0.922. The zero-order chi connectivity index (χ0) is 12.4. The van der Waals surface area contributed by atoms with Gasteiger partial charge in [-0.25, -0.2) is 0 Å². The van der Waals surface area contributed by atoms with Gasteiger partial charge in [-0.3, -0.25) is 4.79 Å². The number of carbonyl (C=O) groups is 1. The maximum Gasteiger partial charge on any atom is 0.300 e. The lowest BCUT2D eigenvalue weighted by Crippen LogP contribution is -1.97. The molecule has 0 fully saturated rings. The van der Waals surface area contributed by atoms with Crippen molar-refractivity contribution in [1.29, 1.82) is 0 Å². The molecule has 3 heteroatoms. The molecule has 16 heavy (non-hydrogen) atoms. The van der Waals surface area contributed by atoms with E-state index in [9.17, 15) is 5.11 Å². The van der Waals surface area contributed by atoms with E-state index in [0.29, 0.717) is 0 Å². The molecule has 0 saturated carbocycles. The van der Waals surface area contributed by atoms with Gasteiger partial charge in [0.2, 0.25) is 0 Å². The van der Waals surface area contributed by atoms with Crippen LogP contribution >= 0.6 is 0 Å². The van der Waals surface area contributed by atoms with E-state index >= 15 is 0 Å². The van der Waals surface area contributed by atoms with Gasteiger partial charge in [-0.2, -0.15) is 0 Å². The highest BCUT2D eigenvalue weighted by molar-refractivity contribution is 5.62. The van der Waals surface area contributed by atoms with Crippen molar-refractivity contribution in [2.45, 2.75) is 26.4 Å². The maximum absolute atomic E-state index is 9.23. The highest BCUT2D eigenvalue weighted by Gasteiger charge is 1.91. The van der Waals surface area contributed by atoms with E-state index < -0.39 is 5.97 Å². The van der Waals surface area contributed by atoms with Crippen LogP contribution in [0.15, 0.2) is 36.4 Å². The number of aliphatic hydroxyl groups is 1. The van der Waals surface area contributed by atoms with Crippen LogP contribution in [0.3, 0.4) is 0 Å². The molecule has 88 valence electrons. The van der Waals surface area contributed by atoms with E-state index in [0.717, 1.165) is 18.9 Å². The van der Waals surface area contributed by atoms with E-state index in [1.165, 1.54) is 0 Å². The SMILES string of the molecule is CC(=O)O.CCC(O)C=Cc1ccccc1. The number of hydrogen-bond acceptors (Lipinski definition) is 2. The van der Waals surface area contributed by atoms with Crippen molar-refractivity contribution < 1.29 is 15.0 Å². The van der Waals surface area contributed by atoms with E-state index in [-0.39, 0.29) is 6.10 Å². The third-order valence-corrected chi connectivity index (χ3v) is 1.73. The number of carboxylic acids is 1. The third-order valence-electron chi connectivity index (χ3n) is 1.73. The first-order chi connectivity index (χ1) is 7.56. The molecular weight excluding hydrogens is 204 g/mol. The van der Waals surface area contributed by atoms with E-state index in [1.807, 2.05) is 49.4 Å². The van der Waals surface area contributed by atoms with E-state index in [2.05, 4.69) is 0 Å². The highest BCUT2D eigenvalue weighted by atomic mass is 16.4. The van der Waals surface area contributed by atoms with Gasteiger partial charge in [0.15, 0.2) is 0 Å². The molecule has 2 N–H and O–H groups in total. The molecule has 0 aliphatic carbocycles. The summed E-state index contributed by atoms with van der Waals surface area (Å²) in [6.07, 6.45) is 4.21. The summed E-state index contributed by atoms with van der Waals surface area (Å²) in [5.41, 5.74) is 1.13. The van der Waals surface area contributed by atoms with Crippen molar-refractivity contribution in [3.05, 3.63) is 42.0 Å². The Labute approximate surface area is 96.1 Å². The molecular formula is C13H18O3. The van der Waals surface area contributed by atoms with Crippen LogP contribution in [-0.2, 0) is 4.79 Å². The van der Waals surface area contributed by atoms with Crippen molar-refractivity contribution in [3.8, 4) is 0 Å². The largest absolute Gasteiger partial charge is 0.481 e. The average molecular weight is 222 g/mol. The summed E-state index contributed by atoms with van der Waals surface area (Å²) in [5, 5.41) is 16.6. The van der Waals surface area contributed by atoms with Crippen molar-refractivity contribution in [3.63, 3.8) is 0 Å². The normalized spacial score (nSPS) is 11.7. The first kappa shape index (κ1) is 14.4. The standard InChI is InChI=1S/C11H14O.C2H4O2/c1-2-11(12)9-8-10-6-4-3-5-7-10;1-2(3)4/h3-9,11-12H,2H2,1H3;1H3,(H,3,4). The Morgan fingerprint density at radius 3 is 2.31 bits per heavy atom. The van der Waals surface area contributed by atoms with Gasteiger partial charge in [0, 0.05) is 6.92 Å². The lowest BCUT2D eigenvalue weighted by Gasteiger charge is -1.98. The van der Waals surface area contributed by atoms with Gasteiger partial charge in [0.25, 0.3) is 5.97 Å². The molecule has 0 saturated heterocycles. The monoisotopic (exact) mass is 222 g/mol. The first-order valence-corrected chi connectivity index (χ1v) is 5.17. The van der Waals surface area contributed by atoms with Crippen LogP contribution in [0.2, 0.25) is 0 Å². The summed E-state index contributed by atoms with van der Waals surface area (Å²) < 4.78 is 0. The van der Waals surface area contributed by atoms with Crippen molar-refractivity contribution in [2.75, 3.05) is 0 Å². The second-order valence-electron chi connectivity index (χ2n) is 3.26. The summed E-state index contributed by atoms with van der Waals surface area (Å²) >= 11 is 0. The summed E-state index contributed by atoms with van der Waals surface area (Å²) in [5.74, 6) is -0.833. The average Bonchev–Trinajstić information content (AvgIpc) is 2.26. The number of aliphatic hydroxyl groups excluding tert-OH is 1. The molecule has 0 aliphatic rings. The van der Waals surface area contributed by atoms with Gasteiger partial charge >= 0.3 is 0 Å². The Morgan fingerprint density at radius 2 is 1.88 bits per heavy atom. The predicted molar refractivity (Wildman–Crippen MR) is 65.1 cm³/mol. The lowest BCUT2D eigenvalue weighted by atomic mass is 10.2. The molecule has 1 unspecified atom stereocenters. The summed E-state index contributed by atoms with van der Waals surface area (Å²) in [7, 11) is 0. The summed E-state index contributed by atoms with van der Waals surface area (Å²) in [4.78, 5) is 9.00. The smallest absolute Gasteiger partial charge is 0.300 e. The minimum absolute atomic E-state index is 0.315. The quantitative estimate of drug-likeness (QED) is 0.826. The van der Waals surface area contributed by atoms with Crippen LogP contribution in [0.5, 0.6) is 0 Å². The summed E-state index contributed by atoms with van der Waals surface area (Å²) in [6.45, 7) is 3.04. The molecule has 0 aliphatic heterocycles. The number of hydrogen-bond donors (Lipinski definition) is 2.